The number of nitrogens with zero attached hydrogens (tertiary/aromatic N) is 4. The van der Waals surface area contributed by atoms with E-state index in [1.165, 1.54) is 38.3 Å². The van der Waals surface area contributed by atoms with E-state index in [-0.39, 0.29) is 80.8 Å². The van der Waals surface area contributed by atoms with Crippen LogP contribution >= 0.6 is 0 Å². The normalized spacial score (nSPS) is 17.0. The topological polar surface area (TPSA) is 327 Å². The maximum absolute atomic E-state index is 14.9. The van der Waals surface area contributed by atoms with Gasteiger partial charge in [-0.2, -0.15) is 0 Å². The lowest BCUT2D eigenvalue weighted by molar-refractivity contribution is -0.148. The Balaban J connectivity index is 1.37. The molecule has 2 aromatic rings. The molecule has 526 valence electrons. The summed E-state index contributed by atoms with van der Waals surface area (Å²) in [6.45, 7) is 22.5. The predicted octanol–water partition coefficient (Wildman–Crippen LogP) is 5.51. The molecule has 11 amide bonds. The molecule has 4 rings (SSSR count). The number of carbonyl (C=O) groups excluding carboxylic acids is 11. The smallest absolute Gasteiger partial charge is 0.410 e. The van der Waals surface area contributed by atoms with Crippen LogP contribution in [0.5, 0.6) is 0 Å². The molecule has 2 aliphatic rings. The molecular weight excluding hydrogens is 1220 g/mol. The molecule has 95 heavy (non-hydrogen) atoms. The van der Waals surface area contributed by atoms with Gasteiger partial charge in [-0.3, -0.25) is 57.7 Å². The number of amides is 11. The summed E-state index contributed by atoms with van der Waals surface area (Å²) in [7, 11) is 6.07. The number of ether oxygens (including phenoxy) is 3. The summed E-state index contributed by atoms with van der Waals surface area (Å²) in [5, 5.41) is 17.0. The molecule has 0 aromatic heterocycles. The second kappa shape index (κ2) is 39.1. The third-order valence-electron chi connectivity index (χ3n) is 17.7. The van der Waals surface area contributed by atoms with Crippen LogP contribution in [-0.2, 0) is 75.2 Å². The Morgan fingerprint density at radius 1 is 0.695 bits per heavy atom. The second-order valence-corrected chi connectivity index (χ2v) is 26.1. The average Bonchev–Trinajstić information content (AvgIpc) is 1.79. The molecule has 2 aliphatic heterocycles. The van der Waals surface area contributed by atoms with Crippen LogP contribution in [0.15, 0.2) is 79.0 Å². The van der Waals surface area contributed by atoms with Crippen molar-refractivity contribution >= 4 is 70.9 Å². The third kappa shape index (κ3) is 23.7. The fourth-order valence-corrected chi connectivity index (χ4v) is 12.2. The third-order valence-corrected chi connectivity index (χ3v) is 17.7. The number of nitrogens with one attached hydrogen (secondary N) is 6. The van der Waals surface area contributed by atoms with Gasteiger partial charge in [-0.25, -0.2) is 4.79 Å². The molecule has 1 saturated heterocycles. The Morgan fingerprint density at radius 2 is 1.33 bits per heavy atom. The maximum Gasteiger partial charge on any atom is 0.410 e. The molecule has 0 saturated carbocycles. The van der Waals surface area contributed by atoms with Gasteiger partial charge in [-0.15, -0.1) is 0 Å². The van der Waals surface area contributed by atoms with Crippen LogP contribution in [0.3, 0.4) is 0 Å². The zero-order chi connectivity index (χ0) is 70.8. The van der Waals surface area contributed by atoms with Crippen molar-refractivity contribution in [2.75, 3.05) is 53.3 Å². The number of likely N-dealkylation sites (tertiary alicyclic amines) is 1. The van der Waals surface area contributed by atoms with E-state index in [9.17, 15) is 52.7 Å². The van der Waals surface area contributed by atoms with E-state index in [1.807, 2.05) is 44.2 Å². The number of hydrogen-bond donors (Lipinski definition) is 7. The number of allylic oxidation sites excluding steroid dienone is 1. The molecule has 8 N–H and O–H groups in total. The first-order valence-corrected chi connectivity index (χ1v) is 33.4. The first-order chi connectivity index (χ1) is 45.0. The van der Waals surface area contributed by atoms with Crippen LogP contribution in [0.4, 0.5) is 10.5 Å². The van der Waals surface area contributed by atoms with Crippen molar-refractivity contribution in [1.82, 2.24) is 46.2 Å². The number of methoxy groups -OCH3 is 2. The summed E-state index contributed by atoms with van der Waals surface area (Å²) in [6.07, 6.45) is 4.39. The largest absolute Gasteiger partial charge is 0.445 e. The molecular formula is C70H107N11O14. The maximum atomic E-state index is 14.9. The average molecular weight is 1330 g/mol. The number of unbranched alkanes of at least 4 members (excludes halogenated alkanes) is 2. The van der Waals surface area contributed by atoms with Crippen molar-refractivity contribution in [3.63, 3.8) is 0 Å². The summed E-state index contributed by atoms with van der Waals surface area (Å²) < 4.78 is 17.8. The SMILES string of the molecule is C=C(C)NC(=O)[C@H](Cc1ccccc1)NC(=O)[C@H](C)[C@@H](OC)[C@@H]1CCCN1C(=O)C[C@@H](OC)[C@H]([C@@H](C)CC)N(C)C(=O)[C@@H](NC(=O)[C@H](C(C)C)N(C)C(=O)OCc1ccc(NC(=O)[C@H](CCCN)NC(=O)[C@@H](NC(=O)CCCCCN2C(=O)C=CC2=O)C(C)C)cc1)C(C)C. The number of hydrogen-bond acceptors (Lipinski definition) is 15. The monoisotopic (exact) mass is 1330 g/mol. The van der Waals surface area contributed by atoms with Gasteiger partial charge in [0.15, 0.2) is 0 Å². The molecule has 0 unspecified atom stereocenters. The summed E-state index contributed by atoms with van der Waals surface area (Å²) >= 11 is 0. The number of likely N-dealkylation sites (N-methyl/N-ethyl adjacent to an activating group) is 2. The first kappa shape index (κ1) is 79.4. The van der Waals surface area contributed by atoms with Gasteiger partial charge >= 0.3 is 6.09 Å². The Morgan fingerprint density at radius 3 is 1.89 bits per heavy atom. The number of benzene rings is 2. The van der Waals surface area contributed by atoms with Crippen molar-refractivity contribution < 1.29 is 67.0 Å². The molecule has 2 heterocycles. The van der Waals surface area contributed by atoms with E-state index in [2.05, 4.69) is 38.5 Å². The molecule has 11 atom stereocenters. The fourth-order valence-electron chi connectivity index (χ4n) is 12.2. The minimum Gasteiger partial charge on any atom is -0.445 e. The zero-order valence-electron chi connectivity index (χ0n) is 58.3. The van der Waals surface area contributed by atoms with E-state index in [0.717, 1.165) is 10.5 Å². The van der Waals surface area contributed by atoms with Gasteiger partial charge in [0.05, 0.1) is 36.6 Å². The van der Waals surface area contributed by atoms with Crippen LogP contribution in [0.2, 0.25) is 0 Å². The summed E-state index contributed by atoms with van der Waals surface area (Å²) in [5.74, 6) is -6.38. The lowest BCUT2D eigenvalue weighted by atomic mass is 9.89. The van der Waals surface area contributed by atoms with Crippen molar-refractivity contribution in [1.29, 1.82) is 0 Å². The highest BCUT2D eigenvalue weighted by atomic mass is 16.6. The van der Waals surface area contributed by atoms with E-state index < -0.39 is 114 Å². The minimum absolute atomic E-state index is 0.111. The van der Waals surface area contributed by atoms with Crippen molar-refractivity contribution in [3.8, 4) is 0 Å². The molecule has 0 spiro atoms. The van der Waals surface area contributed by atoms with E-state index in [0.29, 0.717) is 68.4 Å². The fraction of sp³-hybridized carbons (Fsp3) is 0.614. The van der Waals surface area contributed by atoms with Gasteiger partial charge in [0.25, 0.3) is 11.8 Å². The van der Waals surface area contributed by atoms with Gasteiger partial charge in [0.1, 0.15) is 36.8 Å². The lowest BCUT2D eigenvalue weighted by Gasteiger charge is -2.41. The summed E-state index contributed by atoms with van der Waals surface area (Å²) in [6, 6.07) is 9.72. The molecule has 1 fully saturated rings. The van der Waals surface area contributed by atoms with Crippen molar-refractivity contribution in [2.45, 2.75) is 201 Å². The molecule has 0 radical (unpaired) electrons. The van der Waals surface area contributed by atoms with Crippen LogP contribution in [-0.4, -0.2) is 187 Å². The predicted molar refractivity (Wildman–Crippen MR) is 361 cm³/mol. The minimum atomic E-state index is -1.08. The zero-order valence-corrected chi connectivity index (χ0v) is 58.3. The highest BCUT2D eigenvalue weighted by Crippen LogP contribution is 2.30. The van der Waals surface area contributed by atoms with Crippen LogP contribution in [0, 0.1) is 29.6 Å². The Bertz CT molecular complexity index is 2940. The van der Waals surface area contributed by atoms with Gasteiger partial charge in [-0.05, 0) is 98.9 Å². The van der Waals surface area contributed by atoms with Gasteiger partial charge in [0.2, 0.25) is 47.3 Å². The number of nitrogens with two attached hydrogens (primary N) is 1. The van der Waals surface area contributed by atoms with Crippen LogP contribution in [0.1, 0.15) is 145 Å². The molecule has 0 bridgehead atoms. The van der Waals surface area contributed by atoms with Gasteiger partial charge in [-0.1, -0.05) is 124 Å². The van der Waals surface area contributed by atoms with Crippen LogP contribution < -0.4 is 37.6 Å². The highest BCUT2D eigenvalue weighted by molar-refractivity contribution is 6.12. The Kier molecular flexibility index (Phi) is 32.7. The quantitative estimate of drug-likeness (QED) is 0.0321. The summed E-state index contributed by atoms with van der Waals surface area (Å²) in [4.78, 5) is 155. The molecule has 0 aliphatic carbocycles. The number of imide groups is 1. The molecule has 25 nitrogen and oxygen atoms in total. The van der Waals surface area contributed by atoms with Gasteiger partial charge < -0.3 is 61.6 Å². The van der Waals surface area contributed by atoms with Crippen molar-refractivity contribution in [3.05, 3.63) is 90.2 Å². The summed E-state index contributed by atoms with van der Waals surface area (Å²) in [5.41, 5.74) is 8.02. The lowest BCUT2D eigenvalue weighted by Crippen LogP contribution is -2.60. The second-order valence-electron chi connectivity index (χ2n) is 26.1. The van der Waals surface area contributed by atoms with E-state index in [4.69, 9.17) is 19.9 Å². The Hall–Kier alpha value is -8.03. The van der Waals surface area contributed by atoms with E-state index >= 15 is 0 Å². The van der Waals surface area contributed by atoms with Gasteiger partial charge in [0, 0.05) is 77.8 Å². The standard InChI is InChI=1S/C70H107N11O14/c1-16-46(10)62(54(93-14)40-58(85)80-38-24-28-53(80)63(94-15)47(11)64(86)75-52(66(88)72-45(8)9)39-48-25-19-17-20-26-48)78(12)69(91)60(43(4)5)77-68(90)61(44(6)7)79(13)70(92)95-41-49-30-32-50(33-31-49)73-65(87)51(27-23-36-71)74-67(89)59(42(2)3)76-55(82)29-21-18-22-37-81-56(83)34-35-57(81)84/h17,19-20,25-26,30-35,42-44,46-47,51-54,59-63H,8,16,18,21-24,27-29,36-41,71H2,1-7,9-15H3,(H,72,88)(H,73,87)(H,74,89)(H,75,86)(H,76,82)(H,77,90)/t46-,47+,51-,52-,53-,54+,59-,60-,61-,62-,63+/m0/s1. The van der Waals surface area contributed by atoms with Crippen LogP contribution in [0.25, 0.3) is 0 Å². The molecule has 2 aromatic carbocycles. The van der Waals surface area contributed by atoms with Crippen molar-refractivity contribution in [2.24, 2.45) is 35.3 Å². The number of anilines is 1. The van der Waals surface area contributed by atoms with E-state index in [1.54, 1.807) is 96.5 Å². The molecule has 25 heteroatoms. The number of rotatable bonds is 39. The Labute approximate surface area is 561 Å². The highest BCUT2D eigenvalue weighted by Gasteiger charge is 2.44. The first-order valence-electron chi connectivity index (χ1n) is 33.4. The number of carbonyl (C=O) groups is 11.